The number of carbonyl (C=O) groups is 2. The molecule has 1 aliphatic rings. The van der Waals surface area contributed by atoms with Crippen molar-refractivity contribution in [3.8, 4) is 5.75 Å². The molecule has 0 spiro atoms. The Morgan fingerprint density at radius 2 is 1.96 bits per heavy atom. The number of hydrogen-bond donors (Lipinski definition) is 1. The first-order valence-corrected chi connectivity index (χ1v) is 7.56. The number of carboxylic acid groups (broad SMARTS) is 1. The van der Waals surface area contributed by atoms with Gasteiger partial charge in [0.1, 0.15) is 19.0 Å². The van der Waals surface area contributed by atoms with Gasteiger partial charge < -0.3 is 14.6 Å². The minimum Gasteiger partial charge on any atom is -0.490 e. The molecule has 2 aromatic rings. The molecular formula is C18H17NO5. The van der Waals surface area contributed by atoms with Gasteiger partial charge in [-0.2, -0.15) is 0 Å². The van der Waals surface area contributed by atoms with E-state index in [2.05, 4.69) is 0 Å². The lowest BCUT2D eigenvalue weighted by molar-refractivity contribution is 0.0695. The zero-order valence-corrected chi connectivity index (χ0v) is 13.2. The summed E-state index contributed by atoms with van der Waals surface area (Å²) in [4.78, 5) is 25.2. The second-order valence-corrected chi connectivity index (χ2v) is 5.43. The second-order valence-electron chi connectivity index (χ2n) is 5.43. The van der Waals surface area contributed by atoms with Gasteiger partial charge in [0.15, 0.2) is 0 Å². The molecule has 1 aliphatic heterocycles. The van der Waals surface area contributed by atoms with E-state index in [4.69, 9.17) is 9.47 Å². The maximum Gasteiger partial charge on any atom is 0.414 e. The highest BCUT2D eigenvalue weighted by atomic mass is 16.6. The smallest absolute Gasteiger partial charge is 0.414 e. The standard InChI is InChI=1S/C18H17NO5/c1-12-14(17(20)21)7-8-15-16(12)19(9-10-23-15)18(22)24-11-13-5-3-2-4-6-13/h2-8H,9-11H2,1H3,(H,20,21). The van der Waals surface area contributed by atoms with Crippen molar-refractivity contribution in [3.63, 3.8) is 0 Å². The summed E-state index contributed by atoms with van der Waals surface area (Å²) in [6, 6.07) is 12.4. The fraction of sp³-hybridized carbons (Fsp3) is 0.222. The predicted octanol–water partition coefficient (Wildman–Crippen LogP) is 3.23. The van der Waals surface area contributed by atoms with Crippen LogP contribution in [0.4, 0.5) is 10.5 Å². The zero-order chi connectivity index (χ0) is 17.1. The van der Waals surface area contributed by atoms with E-state index in [0.29, 0.717) is 30.2 Å². The summed E-state index contributed by atoms with van der Waals surface area (Å²) in [7, 11) is 0. The van der Waals surface area contributed by atoms with Gasteiger partial charge in [-0.25, -0.2) is 9.59 Å². The molecule has 0 atom stereocenters. The molecule has 0 aliphatic carbocycles. The molecule has 0 saturated heterocycles. The van der Waals surface area contributed by atoms with Crippen LogP contribution in [0.1, 0.15) is 21.5 Å². The van der Waals surface area contributed by atoms with E-state index in [9.17, 15) is 14.7 Å². The number of hydrogen-bond acceptors (Lipinski definition) is 4. The van der Waals surface area contributed by atoms with Crippen LogP contribution in [-0.4, -0.2) is 30.3 Å². The van der Waals surface area contributed by atoms with Crippen LogP contribution >= 0.6 is 0 Å². The molecular weight excluding hydrogens is 310 g/mol. The molecule has 0 bridgehead atoms. The first-order valence-electron chi connectivity index (χ1n) is 7.56. The van der Waals surface area contributed by atoms with Gasteiger partial charge in [-0.3, -0.25) is 4.90 Å². The van der Waals surface area contributed by atoms with Crippen LogP contribution in [0, 0.1) is 6.92 Å². The summed E-state index contributed by atoms with van der Waals surface area (Å²) < 4.78 is 10.9. The van der Waals surface area contributed by atoms with Crippen LogP contribution in [-0.2, 0) is 11.3 Å². The van der Waals surface area contributed by atoms with Crippen LogP contribution in [0.5, 0.6) is 5.75 Å². The van der Waals surface area contributed by atoms with E-state index < -0.39 is 12.1 Å². The number of rotatable bonds is 3. The average molecular weight is 327 g/mol. The van der Waals surface area contributed by atoms with Crippen molar-refractivity contribution in [2.45, 2.75) is 13.5 Å². The minimum absolute atomic E-state index is 0.139. The summed E-state index contributed by atoms with van der Waals surface area (Å²) in [6.45, 7) is 2.46. The maximum absolute atomic E-state index is 12.5. The highest BCUT2D eigenvalue weighted by molar-refractivity contribution is 5.97. The number of benzene rings is 2. The third-order valence-electron chi connectivity index (χ3n) is 3.89. The molecule has 0 fully saturated rings. The van der Waals surface area contributed by atoms with E-state index in [1.807, 2.05) is 30.3 Å². The number of amides is 1. The Bertz CT molecular complexity index is 772. The average Bonchev–Trinajstić information content (AvgIpc) is 2.60. The number of fused-ring (bicyclic) bond motifs is 1. The largest absolute Gasteiger partial charge is 0.490 e. The van der Waals surface area contributed by atoms with Crippen molar-refractivity contribution >= 4 is 17.7 Å². The summed E-state index contributed by atoms with van der Waals surface area (Å²) in [5.41, 5.74) is 1.96. The number of carbonyl (C=O) groups excluding carboxylic acids is 1. The number of ether oxygens (including phenoxy) is 2. The third kappa shape index (κ3) is 3.03. The van der Waals surface area contributed by atoms with Crippen LogP contribution in [0.25, 0.3) is 0 Å². The zero-order valence-electron chi connectivity index (χ0n) is 13.2. The third-order valence-corrected chi connectivity index (χ3v) is 3.89. The van der Waals surface area contributed by atoms with Crippen molar-refractivity contribution in [3.05, 3.63) is 59.2 Å². The highest BCUT2D eigenvalue weighted by Gasteiger charge is 2.29. The fourth-order valence-corrected chi connectivity index (χ4v) is 2.70. The molecule has 2 aromatic carbocycles. The van der Waals surface area contributed by atoms with E-state index in [1.54, 1.807) is 13.0 Å². The molecule has 3 rings (SSSR count). The number of carboxylic acids is 1. The molecule has 6 nitrogen and oxygen atoms in total. The van der Waals surface area contributed by atoms with Gasteiger partial charge in [0.2, 0.25) is 0 Å². The fourth-order valence-electron chi connectivity index (χ4n) is 2.70. The summed E-state index contributed by atoms with van der Waals surface area (Å²) in [6.07, 6.45) is -0.519. The van der Waals surface area contributed by atoms with Gasteiger partial charge >= 0.3 is 12.1 Å². The van der Waals surface area contributed by atoms with Gasteiger partial charge in [-0.05, 0) is 30.2 Å². The molecule has 124 valence electrons. The first-order chi connectivity index (χ1) is 11.6. The van der Waals surface area contributed by atoms with Crippen LogP contribution in [0.3, 0.4) is 0 Å². The lowest BCUT2D eigenvalue weighted by Crippen LogP contribution is -2.39. The van der Waals surface area contributed by atoms with Crippen molar-refractivity contribution in [1.29, 1.82) is 0 Å². The summed E-state index contributed by atoms with van der Waals surface area (Å²) >= 11 is 0. The van der Waals surface area contributed by atoms with Crippen LogP contribution in [0.15, 0.2) is 42.5 Å². The topological polar surface area (TPSA) is 76.1 Å². The molecule has 1 amide bonds. The normalized spacial score (nSPS) is 13.0. The Balaban J connectivity index is 1.84. The van der Waals surface area contributed by atoms with Gasteiger partial charge in [0.05, 0.1) is 17.8 Å². The van der Waals surface area contributed by atoms with E-state index in [0.717, 1.165) is 5.56 Å². The Hall–Kier alpha value is -3.02. The van der Waals surface area contributed by atoms with Gasteiger partial charge in [0.25, 0.3) is 0 Å². The molecule has 0 unspecified atom stereocenters. The van der Waals surface area contributed by atoms with Gasteiger partial charge in [0, 0.05) is 0 Å². The minimum atomic E-state index is -1.04. The summed E-state index contributed by atoms with van der Waals surface area (Å²) in [5, 5.41) is 9.27. The monoisotopic (exact) mass is 327 g/mol. The number of anilines is 1. The van der Waals surface area contributed by atoms with E-state index in [1.165, 1.54) is 11.0 Å². The van der Waals surface area contributed by atoms with Crippen molar-refractivity contribution < 1.29 is 24.2 Å². The highest BCUT2D eigenvalue weighted by Crippen LogP contribution is 2.37. The SMILES string of the molecule is Cc1c(C(=O)O)ccc2c1N(C(=O)OCc1ccccc1)CCO2. The van der Waals surface area contributed by atoms with Crippen molar-refractivity contribution in [1.82, 2.24) is 0 Å². The lowest BCUT2D eigenvalue weighted by Gasteiger charge is -2.30. The van der Waals surface area contributed by atoms with E-state index >= 15 is 0 Å². The molecule has 1 N–H and O–H groups in total. The quantitative estimate of drug-likeness (QED) is 0.936. The Labute approximate surface area is 139 Å². The number of aromatic carboxylic acids is 1. The van der Waals surface area contributed by atoms with Gasteiger partial charge in [-0.15, -0.1) is 0 Å². The Kier molecular flexibility index (Phi) is 4.37. The van der Waals surface area contributed by atoms with Crippen LogP contribution in [0.2, 0.25) is 0 Å². The molecule has 6 heteroatoms. The number of nitrogens with zero attached hydrogens (tertiary/aromatic N) is 1. The maximum atomic E-state index is 12.5. The molecule has 0 radical (unpaired) electrons. The van der Waals surface area contributed by atoms with Crippen LogP contribution < -0.4 is 9.64 Å². The Morgan fingerprint density at radius 3 is 2.67 bits per heavy atom. The predicted molar refractivity (Wildman–Crippen MR) is 87.6 cm³/mol. The van der Waals surface area contributed by atoms with Gasteiger partial charge in [-0.1, -0.05) is 30.3 Å². The van der Waals surface area contributed by atoms with E-state index in [-0.39, 0.29) is 12.2 Å². The lowest BCUT2D eigenvalue weighted by atomic mass is 10.0. The first kappa shape index (κ1) is 15.9. The molecule has 0 saturated carbocycles. The second kappa shape index (κ2) is 6.62. The molecule has 0 aromatic heterocycles. The summed E-state index contributed by atoms with van der Waals surface area (Å²) in [5.74, 6) is -0.557. The molecule has 24 heavy (non-hydrogen) atoms. The Morgan fingerprint density at radius 1 is 1.21 bits per heavy atom. The van der Waals surface area contributed by atoms with Crippen molar-refractivity contribution in [2.24, 2.45) is 0 Å². The van der Waals surface area contributed by atoms with Crippen molar-refractivity contribution in [2.75, 3.05) is 18.1 Å². The molecule has 1 heterocycles.